The molecule has 6 heteroatoms. The van der Waals surface area contributed by atoms with Crippen molar-refractivity contribution in [2.45, 2.75) is 6.54 Å². The Bertz CT molecular complexity index is 343. The minimum atomic E-state index is -0.215. The fourth-order valence-electron chi connectivity index (χ4n) is 1.05. The van der Waals surface area contributed by atoms with Crippen molar-refractivity contribution in [2.24, 2.45) is 0 Å². The highest BCUT2D eigenvalue weighted by molar-refractivity contribution is 5.99. The summed E-state index contributed by atoms with van der Waals surface area (Å²) >= 11 is 0. The Balaban J connectivity index is 2.45. The Kier molecular flexibility index (Phi) is 1.39. The SMILES string of the molecule is O=C1Cn2nncc2C(=O)CN1. The summed E-state index contributed by atoms with van der Waals surface area (Å²) in [6.45, 7) is 0.104. The Morgan fingerprint density at radius 2 is 2.33 bits per heavy atom. The molecule has 0 fully saturated rings. The fourth-order valence-corrected chi connectivity index (χ4v) is 1.05. The highest BCUT2D eigenvalue weighted by Crippen LogP contribution is 2.00. The van der Waals surface area contributed by atoms with E-state index in [1.54, 1.807) is 0 Å². The molecule has 0 saturated heterocycles. The average Bonchev–Trinajstić information content (AvgIpc) is 2.44. The van der Waals surface area contributed by atoms with E-state index in [4.69, 9.17) is 0 Å². The van der Waals surface area contributed by atoms with Crippen molar-refractivity contribution in [1.82, 2.24) is 20.3 Å². The van der Waals surface area contributed by atoms with Crippen LogP contribution in [0, 0.1) is 0 Å². The second-order valence-corrected chi connectivity index (χ2v) is 2.48. The van der Waals surface area contributed by atoms with Crippen molar-refractivity contribution >= 4 is 11.7 Å². The van der Waals surface area contributed by atoms with E-state index < -0.39 is 0 Å². The van der Waals surface area contributed by atoms with Crippen molar-refractivity contribution in [3.8, 4) is 0 Å². The molecule has 2 rings (SSSR count). The number of carbonyl (C=O) groups excluding carboxylic acids is 2. The maximum absolute atomic E-state index is 11.2. The first-order valence-corrected chi connectivity index (χ1v) is 3.46. The third-order valence-corrected chi connectivity index (χ3v) is 1.64. The topological polar surface area (TPSA) is 76.9 Å². The number of ketones is 1. The van der Waals surface area contributed by atoms with Crippen LogP contribution < -0.4 is 5.32 Å². The average molecular weight is 166 g/mol. The zero-order valence-electron chi connectivity index (χ0n) is 6.15. The Morgan fingerprint density at radius 3 is 3.17 bits per heavy atom. The molecule has 0 aromatic carbocycles. The number of fused-ring (bicyclic) bond motifs is 1. The summed E-state index contributed by atoms with van der Waals surface area (Å²) in [6, 6.07) is 0. The molecule has 2 heterocycles. The molecule has 1 aromatic rings. The molecule has 0 saturated carbocycles. The van der Waals surface area contributed by atoms with Gasteiger partial charge in [-0.3, -0.25) is 9.59 Å². The van der Waals surface area contributed by atoms with Crippen LogP contribution in [-0.4, -0.2) is 33.2 Å². The van der Waals surface area contributed by atoms with Crippen molar-refractivity contribution in [3.05, 3.63) is 11.9 Å². The molecule has 0 spiro atoms. The zero-order valence-corrected chi connectivity index (χ0v) is 6.15. The molecule has 1 aliphatic heterocycles. The number of nitrogens with zero attached hydrogens (tertiary/aromatic N) is 3. The van der Waals surface area contributed by atoms with Crippen molar-refractivity contribution < 1.29 is 9.59 Å². The molecule has 0 atom stereocenters. The van der Waals surface area contributed by atoms with E-state index in [2.05, 4.69) is 15.6 Å². The van der Waals surface area contributed by atoms with E-state index >= 15 is 0 Å². The number of aromatic nitrogens is 3. The van der Waals surface area contributed by atoms with Gasteiger partial charge in [0.2, 0.25) is 11.7 Å². The molecule has 6 nitrogen and oxygen atoms in total. The number of nitrogens with one attached hydrogen (secondary N) is 1. The molecule has 1 amide bonds. The van der Waals surface area contributed by atoms with E-state index in [0.29, 0.717) is 5.69 Å². The predicted molar refractivity (Wildman–Crippen MR) is 37.4 cm³/mol. The van der Waals surface area contributed by atoms with Crippen LogP contribution in [0.3, 0.4) is 0 Å². The molecule has 1 aromatic heterocycles. The Hall–Kier alpha value is -1.72. The maximum Gasteiger partial charge on any atom is 0.242 e. The summed E-state index contributed by atoms with van der Waals surface area (Å²) in [4.78, 5) is 22.1. The van der Waals surface area contributed by atoms with Crippen LogP contribution >= 0.6 is 0 Å². The highest BCUT2D eigenvalue weighted by Gasteiger charge is 2.19. The molecule has 0 bridgehead atoms. The summed E-state index contributed by atoms with van der Waals surface area (Å²) in [5.41, 5.74) is 0.383. The van der Waals surface area contributed by atoms with Crippen LogP contribution in [0.2, 0.25) is 0 Å². The minimum Gasteiger partial charge on any atom is -0.347 e. The minimum absolute atomic E-state index is 0.0339. The van der Waals surface area contributed by atoms with Gasteiger partial charge in [-0.25, -0.2) is 4.68 Å². The van der Waals surface area contributed by atoms with Gasteiger partial charge in [-0.1, -0.05) is 5.21 Å². The van der Waals surface area contributed by atoms with E-state index in [9.17, 15) is 9.59 Å². The molecule has 0 radical (unpaired) electrons. The number of hydrogen-bond acceptors (Lipinski definition) is 4. The maximum atomic E-state index is 11.2. The van der Waals surface area contributed by atoms with E-state index in [1.807, 2.05) is 0 Å². The third kappa shape index (κ3) is 0.969. The van der Waals surface area contributed by atoms with Gasteiger partial charge < -0.3 is 5.32 Å². The van der Waals surface area contributed by atoms with Gasteiger partial charge in [-0.15, -0.1) is 5.10 Å². The summed E-state index contributed by atoms with van der Waals surface area (Å²) < 4.78 is 1.30. The molecule has 0 aliphatic carbocycles. The molecular formula is C6H6N4O2. The lowest BCUT2D eigenvalue weighted by atomic mass is 10.3. The number of hydrogen-bond donors (Lipinski definition) is 1. The van der Waals surface area contributed by atoms with E-state index in [0.717, 1.165) is 0 Å². The summed E-state index contributed by atoms with van der Waals surface area (Å²) in [5, 5.41) is 9.60. The largest absolute Gasteiger partial charge is 0.347 e. The highest BCUT2D eigenvalue weighted by atomic mass is 16.2. The lowest BCUT2D eigenvalue weighted by Gasteiger charge is -1.95. The lowest BCUT2D eigenvalue weighted by molar-refractivity contribution is -0.121. The third-order valence-electron chi connectivity index (χ3n) is 1.64. The van der Waals surface area contributed by atoms with E-state index in [1.165, 1.54) is 10.9 Å². The number of amides is 1. The molecule has 12 heavy (non-hydrogen) atoms. The lowest BCUT2D eigenvalue weighted by Crippen LogP contribution is -2.27. The summed E-state index contributed by atoms with van der Waals surface area (Å²) in [6.07, 6.45) is 1.36. The van der Waals surface area contributed by atoms with Gasteiger partial charge in [0.1, 0.15) is 12.2 Å². The van der Waals surface area contributed by atoms with Gasteiger partial charge in [0, 0.05) is 0 Å². The number of carbonyl (C=O) groups is 2. The Labute approximate surface area is 67.6 Å². The van der Waals surface area contributed by atoms with Gasteiger partial charge in [0.25, 0.3) is 0 Å². The van der Waals surface area contributed by atoms with Crippen molar-refractivity contribution in [2.75, 3.05) is 6.54 Å². The van der Waals surface area contributed by atoms with Crippen LogP contribution in [0.15, 0.2) is 6.20 Å². The van der Waals surface area contributed by atoms with Gasteiger partial charge in [0.05, 0.1) is 12.7 Å². The molecule has 1 aliphatic rings. The standard InChI is InChI=1S/C6H6N4O2/c11-5-2-7-6(12)3-10-4(5)1-8-9-10/h1H,2-3H2,(H,7,12). The van der Waals surface area contributed by atoms with Crippen LogP contribution in [-0.2, 0) is 11.3 Å². The fraction of sp³-hybridized carbons (Fsp3) is 0.333. The van der Waals surface area contributed by atoms with Crippen LogP contribution in [0.1, 0.15) is 10.5 Å². The van der Waals surface area contributed by atoms with Crippen LogP contribution in [0.5, 0.6) is 0 Å². The summed E-state index contributed by atoms with van der Waals surface area (Å²) in [7, 11) is 0. The first-order valence-electron chi connectivity index (χ1n) is 3.46. The van der Waals surface area contributed by atoms with E-state index in [-0.39, 0.29) is 24.8 Å². The van der Waals surface area contributed by atoms with Gasteiger partial charge in [0.15, 0.2) is 0 Å². The van der Waals surface area contributed by atoms with Crippen LogP contribution in [0.4, 0.5) is 0 Å². The second-order valence-electron chi connectivity index (χ2n) is 2.48. The normalized spacial score (nSPS) is 16.7. The zero-order chi connectivity index (χ0) is 8.55. The van der Waals surface area contributed by atoms with Gasteiger partial charge >= 0.3 is 0 Å². The summed E-state index contributed by atoms with van der Waals surface area (Å²) in [5.74, 6) is -0.376. The number of Topliss-reactive ketones (excluding diaryl/α,β-unsaturated/α-hetero) is 1. The van der Waals surface area contributed by atoms with Gasteiger partial charge in [-0.05, 0) is 0 Å². The molecule has 1 N–H and O–H groups in total. The predicted octanol–water partition coefficient (Wildman–Crippen LogP) is -1.41. The van der Waals surface area contributed by atoms with Crippen molar-refractivity contribution in [1.29, 1.82) is 0 Å². The molecule has 62 valence electrons. The second kappa shape index (κ2) is 2.40. The van der Waals surface area contributed by atoms with Crippen molar-refractivity contribution in [3.63, 3.8) is 0 Å². The number of rotatable bonds is 0. The molecule has 0 unspecified atom stereocenters. The first kappa shape index (κ1) is 6.96. The Morgan fingerprint density at radius 1 is 1.50 bits per heavy atom. The monoisotopic (exact) mass is 166 g/mol. The van der Waals surface area contributed by atoms with Crippen LogP contribution in [0.25, 0.3) is 0 Å². The van der Waals surface area contributed by atoms with Gasteiger partial charge in [-0.2, -0.15) is 0 Å². The quantitative estimate of drug-likeness (QED) is 0.513. The molecular weight excluding hydrogens is 160 g/mol. The smallest absolute Gasteiger partial charge is 0.242 e. The first-order chi connectivity index (χ1) is 5.77.